The summed E-state index contributed by atoms with van der Waals surface area (Å²) in [5, 5.41) is 9.27. The van der Waals surface area contributed by atoms with Gasteiger partial charge in [-0.1, -0.05) is 15.9 Å². The number of halogens is 1. The highest BCUT2D eigenvalue weighted by Crippen LogP contribution is 2.25. The lowest BCUT2D eigenvalue weighted by molar-refractivity contribution is 0.0215. The van der Waals surface area contributed by atoms with Gasteiger partial charge in [0, 0.05) is 24.7 Å². The van der Waals surface area contributed by atoms with Gasteiger partial charge in [0.1, 0.15) is 0 Å². The van der Waals surface area contributed by atoms with Crippen molar-refractivity contribution in [2.75, 3.05) is 25.1 Å². The average Bonchev–Trinajstić information content (AvgIpc) is 2.39. The summed E-state index contributed by atoms with van der Waals surface area (Å²) < 4.78 is 6.47. The third-order valence-electron chi connectivity index (χ3n) is 3.35. The van der Waals surface area contributed by atoms with Crippen LogP contribution in [-0.2, 0) is 4.74 Å². The quantitative estimate of drug-likeness (QED) is 0.922. The summed E-state index contributed by atoms with van der Waals surface area (Å²) in [5.74, 6) is -0.910. The third-order valence-corrected chi connectivity index (χ3v) is 3.84. The van der Waals surface area contributed by atoms with Crippen molar-refractivity contribution in [3.05, 3.63) is 28.2 Å². The Labute approximate surface area is 121 Å². The van der Waals surface area contributed by atoms with E-state index in [2.05, 4.69) is 15.9 Å². The lowest BCUT2D eigenvalue weighted by Gasteiger charge is -2.29. The summed E-state index contributed by atoms with van der Waals surface area (Å²) in [5.41, 5.74) is 1.04. The first-order valence-electron chi connectivity index (χ1n) is 6.43. The van der Waals surface area contributed by atoms with E-state index in [9.17, 15) is 9.90 Å². The van der Waals surface area contributed by atoms with Gasteiger partial charge in [-0.3, -0.25) is 0 Å². The molecule has 19 heavy (non-hydrogen) atoms. The zero-order chi connectivity index (χ0) is 13.8. The number of benzene rings is 1. The zero-order valence-electron chi connectivity index (χ0n) is 10.9. The van der Waals surface area contributed by atoms with Gasteiger partial charge >= 0.3 is 5.97 Å². The number of hydrogen-bond acceptors (Lipinski definition) is 3. The van der Waals surface area contributed by atoms with Crippen molar-refractivity contribution in [2.45, 2.75) is 25.4 Å². The van der Waals surface area contributed by atoms with Gasteiger partial charge in [0.2, 0.25) is 0 Å². The van der Waals surface area contributed by atoms with Crippen LogP contribution in [0.15, 0.2) is 22.7 Å². The van der Waals surface area contributed by atoms with E-state index >= 15 is 0 Å². The van der Waals surface area contributed by atoms with Gasteiger partial charge in [-0.15, -0.1) is 0 Å². The molecular weight excluding hydrogens is 310 g/mol. The normalized spacial score (nSPS) is 19.2. The smallest absolute Gasteiger partial charge is 0.337 e. The second kappa shape index (κ2) is 6.39. The molecule has 4 nitrogen and oxygen atoms in total. The number of carbonyl (C=O) groups is 1. The lowest BCUT2D eigenvalue weighted by atomic mass is 10.1. The number of ether oxygens (including phenoxy) is 1. The summed E-state index contributed by atoms with van der Waals surface area (Å²) in [6.45, 7) is 1.53. The van der Waals surface area contributed by atoms with Crippen molar-refractivity contribution in [2.24, 2.45) is 0 Å². The largest absolute Gasteiger partial charge is 0.478 e. The average molecular weight is 328 g/mol. The predicted molar refractivity (Wildman–Crippen MR) is 78.0 cm³/mol. The molecule has 0 bridgehead atoms. The number of rotatable bonds is 4. The highest BCUT2D eigenvalue weighted by atomic mass is 79.9. The molecule has 2 rings (SSSR count). The number of aromatic carboxylic acids is 1. The molecule has 1 aromatic carbocycles. The molecular formula is C14H18BrNO3. The van der Waals surface area contributed by atoms with Gasteiger partial charge in [0.25, 0.3) is 0 Å². The minimum atomic E-state index is -0.910. The molecule has 1 unspecified atom stereocenters. The van der Waals surface area contributed by atoms with Gasteiger partial charge in [-0.25, -0.2) is 4.79 Å². The predicted octanol–water partition coefficient (Wildman–Crippen LogP) is 3.15. The third kappa shape index (κ3) is 3.70. The fourth-order valence-corrected chi connectivity index (χ4v) is 2.73. The molecule has 104 valence electrons. The molecule has 0 aliphatic carbocycles. The maximum Gasteiger partial charge on any atom is 0.337 e. The van der Waals surface area contributed by atoms with Crippen molar-refractivity contribution in [1.29, 1.82) is 0 Å². The van der Waals surface area contributed by atoms with Gasteiger partial charge in [0.05, 0.1) is 17.4 Å². The van der Waals surface area contributed by atoms with E-state index in [1.54, 1.807) is 6.07 Å². The maximum absolute atomic E-state index is 11.3. The van der Waals surface area contributed by atoms with Crippen molar-refractivity contribution in [1.82, 2.24) is 0 Å². The Kier molecular flexibility index (Phi) is 4.82. The van der Waals surface area contributed by atoms with Crippen LogP contribution in [0.4, 0.5) is 5.69 Å². The molecule has 1 atom stereocenters. The summed E-state index contributed by atoms with van der Waals surface area (Å²) in [4.78, 5) is 13.3. The molecule has 5 heteroatoms. The fourth-order valence-electron chi connectivity index (χ4n) is 2.37. The Morgan fingerprint density at radius 3 is 2.95 bits per heavy atom. The van der Waals surface area contributed by atoms with E-state index in [0.29, 0.717) is 5.56 Å². The number of likely N-dealkylation sites (N-methyl/N-ethyl adjacent to an activating group) is 1. The SMILES string of the molecule is CN(CC1CCCCO1)c1ccc(Br)cc1C(=O)O. The molecule has 0 aromatic heterocycles. The summed E-state index contributed by atoms with van der Waals surface area (Å²) in [6.07, 6.45) is 3.55. The highest BCUT2D eigenvalue weighted by molar-refractivity contribution is 9.10. The lowest BCUT2D eigenvalue weighted by Crippen LogP contribution is -2.34. The molecule has 0 saturated carbocycles. The molecule has 0 radical (unpaired) electrons. The molecule has 0 amide bonds. The minimum absolute atomic E-state index is 0.198. The molecule has 1 fully saturated rings. The van der Waals surface area contributed by atoms with Crippen LogP contribution in [0.2, 0.25) is 0 Å². The van der Waals surface area contributed by atoms with Crippen LogP contribution < -0.4 is 4.90 Å². The van der Waals surface area contributed by atoms with E-state index < -0.39 is 5.97 Å². The molecule has 1 N–H and O–H groups in total. The summed E-state index contributed by atoms with van der Waals surface area (Å²) in [6, 6.07) is 5.33. The van der Waals surface area contributed by atoms with Gasteiger partial charge in [-0.05, 0) is 37.5 Å². The Hall–Kier alpha value is -1.07. The Morgan fingerprint density at radius 2 is 2.32 bits per heavy atom. The first-order chi connectivity index (χ1) is 9.08. The van der Waals surface area contributed by atoms with E-state index in [0.717, 1.165) is 36.2 Å². The number of carboxylic acid groups (broad SMARTS) is 1. The minimum Gasteiger partial charge on any atom is -0.478 e. The number of nitrogens with zero attached hydrogens (tertiary/aromatic N) is 1. The number of hydrogen-bond donors (Lipinski definition) is 1. The van der Waals surface area contributed by atoms with Crippen LogP contribution in [0, 0.1) is 0 Å². The Morgan fingerprint density at radius 1 is 1.53 bits per heavy atom. The standard InChI is InChI=1S/C14H18BrNO3/c1-16(9-11-4-2-3-7-19-11)13-6-5-10(15)8-12(13)14(17)18/h5-6,8,11H,2-4,7,9H2,1H3,(H,17,18). The topological polar surface area (TPSA) is 49.8 Å². The van der Waals surface area contributed by atoms with Crippen LogP contribution in [-0.4, -0.2) is 37.4 Å². The molecule has 0 spiro atoms. The second-order valence-corrected chi connectivity index (χ2v) is 5.75. The van der Waals surface area contributed by atoms with Crippen LogP contribution in [0.3, 0.4) is 0 Å². The van der Waals surface area contributed by atoms with Gasteiger partial charge in [0.15, 0.2) is 0 Å². The molecule has 1 aliphatic rings. The van der Waals surface area contributed by atoms with Crippen molar-refractivity contribution < 1.29 is 14.6 Å². The monoisotopic (exact) mass is 327 g/mol. The van der Waals surface area contributed by atoms with Crippen LogP contribution >= 0.6 is 15.9 Å². The van der Waals surface area contributed by atoms with E-state index in [-0.39, 0.29) is 6.10 Å². The van der Waals surface area contributed by atoms with Crippen molar-refractivity contribution in [3.63, 3.8) is 0 Å². The molecule has 1 aromatic rings. The van der Waals surface area contributed by atoms with E-state index in [1.807, 2.05) is 24.1 Å². The van der Waals surface area contributed by atoms with Crippen LogP contribution in [0.1, 0.15) is 29.6 Å². The first kappa shape index (κ1) is 14.3. The van der Waals surface area contributed by atoms with Crippen LogP contribution in [0.25, 0.3) is 0 Å². The van der Waals surface area contributed by atoms with Crippen LogP contribution in [0.5, 0.6) is 0 Å². The molecule has 1 heterocycles. The van der Waals surface area contributed by atoms with Crippen molar-refractivity contribution in [3.8, 4) is 0 Å². The molecule has 1 aliphatic heterocycles. The maximum atomic E-state index is 11.3. The summed E-state index contributed by atoms with van der Waals surface area (Å²) in [7, 11) is 1.91. The first-order valence-corrected chi connectivity index (χ1v) is 7.23. The number of carboxylic acids is 1. The highest BCUT2D eigenvalue weighted by Gasteiger charge is 2.19. The van der Waals surface area contributed by atoms with Gasteiger partial charge in [-0.2, -0.15) is 0 Å². The van der Waals surface area contributed by atoms with Gasteiger partial charge < -0.3 is 14.7 Å². The Bertz CT molecular complexity index is 458. The van der Waals surface area contributed by atoms with E-state index in [1.165, 1.54) is 6.42 Å². The summed E-state index contributed by atoms with van der Waals surface area (Å²) >= 11 is 3.31. The molecule has 1 saturated heterocycles. The van der Waals surface area contributed by atoms with E-state index in [4.69, 9.17) is 4.74 Å². The zero-order valence-corrected chi connectivity index (χ0v) is 12.5. The van der Waals surface area contributed by atoms with Crippen molar-refractivity contribution >= 4 is 27.6 Å². The Balaban J connectivity index is 2.13. The second-order valence-electron chi connectivity index (χ2n) is 4.84. The fraction of sp³-hybridized carbons (Fsp3) is 0.500. The number of anilines is 1.